The molecular weight excluding hydrogens is 182 g/mol. The molecule has 0 spiro atoms. The highest BCUT2D eigenvalue weighted by Crippen LogP contribution is 2.38. The molecule has 0 saturated heterocycles. The number of nitriles is 1. The summed E-state index contributed by atoms with van der Waals surface area (Å²) in [6.07, 6.45) is 7.01. The van der Waals surface area contributed by atoms with Gasteiger partial charge in [0.2, 0.25) is 0 Å². The zero-order valence-electron chi connectivity index (χ0n) is 7.36. The van der Waals surface area contributed by atoms with Gasteiger partial charge in [0.25, 0.3) is 0 Å². The number of aromatic nitrogens is 2. The van der Waals surface area contributed by atoms with E-state index in [2.05, 4.69) is 15.4 Å². The summed E-state index contributed by atoms with van der Waals surface area (Å²) in [4.78, 5) is 4.17. The predicted molar refractivity (Wildman–Crippen MR) is 50.3 cm³/mol. The van der Waals surface area contributed by atoms with E-state index in [4.69, 9.17) is 0 Å². The average molecular weight is 193 g/mol. The van der Waals surface area contributed by atoms with E-state index in [0.29, 0.717) is 0 Å². The third-order valence-electron chi connectivity index (χ3n) is 2.69. The zero-order valence-corrected chi connectivity index (χ0v) is 8.18. The number of rotatable bonds is 1. The van der Waals surface area contributed by atoms with Crippen molar-refractivity contribution in [3.05, 3.63) is 11.3 Å². The van der Waals surface area contributed by atoms with E-state index in [1.807, 2.05) is 0 Å². The molecule has 0 unspecified atom stereocenters. The summed E-state index contributed by atoms with van der Waals surface area (Å²) in [5, 5.41) is 10.1. The molecule has 1 heterocycles. The van der Waals surface area contributed by atoms with Gasteiger partial charge in [0.1, 0.15) is 16.7 Å². The fourth-order valence-corrected chi connectivity index (χ4v) is 2.63. The van der Waals surface area contributed by atoms with E-state index in [-0.39, 0.29) is 5.41 Å². The summed E-state index contributed by atoms with van der Waals surface area (Å²) in [5.74, 6) is 0. The van der Waals surface area contributed by atoms with E-state index in [1.165, 1.54) is 18.0 Å². The highest BCUT2D eigenvalue weighted by molar-refractivity contribution is 7.05. The maximum atomic E-state index is 9.20. The van der Waals surface area contributed by atoms with Crippen LogP contribution in [0.25, 0.3) is 0 Å². The van der Waals surface area contributed by atoms with E-state index in [0.717, 1.165) is 30.7 Å². The lowest BCUT2D eigenvalue weighted by atomic mass is 9.76. The van der Waals surface area contributed by atoms with E-state index in [1.54, 1.807) is 6.33 Å². The standard InChI is InChI=1S/C9H11N3S/c10-6-9(4-2-1-3-5-9)8-11-7-12-13-8/h7H,1-5H2. The van der Waals surface area contributed by atoms with Crippen molar-refractivity contribution in [2.75, 3.05) is 0 Å². The molecule has 68 valence electrons. The summed E-state index contributed by atoms with van der Waals surface area (Å²) >= 11 is 1.37. The first kappa shape index (κ1) is 8.64. The van der Waals surface area contributed by atoms with Crippen LogP contribution >= 0.6 is 11.5 Å². The fourth-order valence-electron chi connectivity index (χ4n) is 1.91. The van der Waals surface area contributed by atoms with Crippen LogP contribution in [-0.4, -0.2) is 9.36 Å². The molecule has 1 aliphatic carbocycles. The Labute approximate surface area is 81.6 Å². The monoisotopic (exact) mass is 193 g/mol. The Balaban J connectivity index is 2.30. The maximum absolute atomic E-state index is 9.20. The molecule has 4 heteroatoms. The molecule has 2 rings (SSSR count). The number of hydrogen-bond acceptors (Lipinski definition) is 4. The molecule has 1 aromatic heterocycles. The molecule has 0 N–H and O–H groups in total. The minimum absolute atomic E-state index is 0.306. The topological polar surface area (TPSA) is 49.6 Å². The van der Waals surface area contributed by atoms with Gasteiger partial charge in [-0.15, -0.1) is 0 Å². The van der Waals surface area contributed by atoms with Gasteiger partial charge in [0.15, 0.2) is 0 Å². The maximum Gasteiger partial charge on any atom is 0.133 e. The van der Waals surface area contributed by atoms with Crippen molar-refractivity contribution >= 4 is 11.5 Å². The second kappa shape index (κ2) is 3.43. The lowest BCUT2D eigenvalue weighted by Gasteiger charge is -2.27. The molecule has 0 bridgehead atoms. The van der Waals surface area contributed by atoms with Crippen molar-refractivity contribution < 1.29 is 0 Å². The Morgan fingerprint density at radius 3 is 2.69 bits per heavy atom. The predicted octanol–water partition coefficient (Wildman–Crippen LogP) is 2.26. The van der Waals surface area contributed by atoms with Crippen LogP contribution in [0.1, 0.15) is 37.1 Å². The quantitative estimate of drug-likeness (QED) is 0.687. The van der Waals surface area contributed by atoms with Gasteiger partial charge in [-0.2, -0.15) is 9.64 Å². The fraction of sp³-hybridized carbons (Fsp3) is 0.667. The first-order valence-corrected chi connectivity index (χ1v) is 5.33. The molecule has 13 heavy (non-hydrogen) atoms. The lowest BCUT2D eigenvalue weighted by Crippen LogP contribution is -2.26. The van der Waals surface area contributed by atoms with Crippen molar-refractivity contribution in [3.8, 4) is 6.07 Å². The SMILES string of the molecule is N#CC1(c2ncns2)CCCCC1. The van der Waals surface area contributed by atoms with Gasteiger partial charge >= 0.3 is 0 Å². The van der Waals surface area contributed by atoms with E-state index >= 15 is 0 Å². The highest BCUT2D eigenvalue weighted by Gasteiger charge is 2.36. The van der Waals surface area contributed by atoms with Crippen LogP contribution in [0.3, 0.4) is 0 Å². The van der Waals surface area contributed by atoms with Gasteiger partial charge in [-0.25, -0.2) is 4.98 Å². The molecule has 0 amide bonds. The summed E-state index contributed by atoms with van der Waals surface area (Å²) in [5.41, 5.74) is -0.306. The summed E-state index contributed by atoms with van der Waals surface area (Å²) in [6, 6.07) is 2.43. The highest BCUT2D eigenvalue weighted by atomic mass is 32.1. The van der Waals surface area contributed by atoms with Gasteiger partial charge < -0.3 is 0 Å². The molecule has 1 fully saturated rings. The Bertz CT molecular complexity index is 306. The van der Waals surface area contributed by atoms with Crippen molar-refractivity contribution in [3.63, 3.8) is 0 Å². The minimum atomic E-state index is -0.306. The van der Waals surface area contributed by atoms with Crippen LogP contribution in [-0.2, 0) is 5.41 Å². The second-order valence-electron chi connectivity index (χ2n) is 3.50. The molecule has 0 aromatic carbocycles. The summed E-state index contributed by atoms with van der Waals surface area (Å²) in [6.45, 7) is 0. The van der Waals surface area contributed by atoms with Crippen LogP contribution in [0, 0.1) is 11.3 Å². The largest absolute Gasteiger partial charge is 0.226 e. The molecule has 0 radical (unpaired) electrons. The van der Waals surface area contributed by atoms with E-state index < -0.39 is 0 Å². The lowest BCUT2D eigenvalue weighted by molar-refractivity contribution is 0.365. The third kappa shape index (κ3) is 1.44. The molecule has 3 nitrogen and oxygen atoms in total. The minimum Gasteiger partial charge on any atom is -0.226 e. The van der Waals surface area contributed by atoms with Crippen LogP contribution in [0.2, 0.25) is 0 Å². The van der Waals surface area contributed by atoms with Gasteiger partial charge in [0.05, 0.1) is 6.07 Å². The Hall–Kier alpha value is -0.950. The molecule has 0 aliphatic heterocycles. The Morgan fingerprint density at radius 2 is 2.15 bits per heavy atom. The van der Waals surface area contributed by atoms with Crippen molar-refractivity contribution in [2.24, 2.45) is 0 Å². The number of nitrogens with zero attached hydrogens (tertiary/aromatic N) is 3. The van der Waals surface area contributed by atoms with Crippen molar-refractivity contribution in [1.82, 2.24) is 9.36 Å². The first-order valence-electron chi connectivity index (χ1n) is 4.56. The molecular formula is C9H11N3S. The molecule has 1 saturated carbocycles. The summed E-state index contributed by atoms with van der Waals surface area (Å²) in [7, 11) is 0. The molecule has 0 atom stereocenters. The van der Waals surface area contributed by atoms with Crippen molar-refractivity contribution in [2.45, 2.75) is 37.5 Å². The van der Waals surface area contributed by atoms with Crippen molar-refractivity contribution in [1.29, 1.82) is 5.26 Å². The third-order valence-corrected chi connectivity index (χ3v) is 3.56. The van der Waals surface area contributed by atoms with Crippen LogP contribution in [0.5, 0.6) is 0 Å². The van der Waals surface area contributed by atoms with Crippen LogP contribution < -0.4 is 0 Å². The van der Waals surface area contributed by atoms with Gasteiger partial charge in [0, 0.05) is 0 Å². The summed E-state index contributed by atoms with van der Waals surface area (Å²) < 4.78 is 3.97. The van der Waals surface area contributed by atoms with Crippen LogP contribution in [0.15, 0.2) is 6.33 Å². The van der Waals surface area contributed by atoms with Gasteiger partial charge in [-0.3, -0.25) is 0 Å². The molecule has 1 aliphatic rings. The Morgan fingerprint density at radius 1 is 1.38 bits per heavy atom. The van der Waals surface area contributed by atoms with Gasteiger partial charge in [-0.05, 0) is 24.4 Å². The first-order chi connectivity index (χ1) is 6.37. The van der Waals surface area contributed by atoms with E-state index in [9.17, 15) is 5.26 Å². The number of hydrogen-bond donors (Lipinski definition) is 0. The van der Waals surface area contributed by atoms with Gasteiger partial charge in [-0.1, -0.05) is 19.3 Å². The average Bonchev–Trinajstić information content (AvgIpc) is 2.72. The Kier molecular flexibility index (Phi) is 2.28. The second-order valence-corrected chi connectivity index (χ2v) is 4.28. The molecule has 1 aromatic rings. The van der Waals surface area contributed by atoms with Crippen LogP contribution in [0.4, 0.5) is 0 Å². The smallest absolute Gasteiger partial charge is 0.133 e. The normalized spacial score (nSPS) is 20.8. The zero-order chi connectivity index (χ0) is 9.15.